The highest BCUT2D eigenvalue weighted by Gasteiger charge is 2.01. The Labute approximate surface area is 101 Å². The molecule has 1 aromatic rings. The van der Waals surface area contributed by atoms with Crippen LogP contribution >= 0.6 is 0 Å². The zero-order valence-electron chi connectivity index (χ0n) is 10.3. The monoisotopic (exact) mass is 241 g/mol. The average Bonchev–Trinajstić information content (AvgIpc) is 2.35. The molecule has 0 bridgehead atoms. The van der Waals surface area contributed by atoms with Crippen molar-refractivity contribution < 1.29 is 9.47 Å². The molecule has 0 saturated heterocycles. The van der Waals surface area contributed by atoms with E-state index in [2.05, 4.69) is 10.3 Å². The molecule has 0 atom stereocenters. The minimum absolute atomic E-state index is 0.105. The predicted molar refractivity (Wildman–Crippen MR) is 65.4 cm³/mol. The molecule has 0 aromatic carbocycles. The smallest absolute Gasteiger partial charge is 0.293 e. The van der Waals surface area contributed by atoms with Gasteiger partial charge in [-0.25, -0.2) is 4.98 Å². The van der Waals surface area contributed by atoms with E-state index in [1.165, 1.54) is 0 Å². The second kappa shape index (κ2) is 7.81. The second-order valence-corrected chi connectivity index (χ2v) is 3.40. The number of aromatic nitrogens is 2. The maximum Gasteiger partial charge on any atom is 0.293 e. The van der Waals surface area contributed by atoms with E-state index in [0.29, 0.717) is 38.7 Å². The Bertz CT molecular complexity index is 378. The molecule has 0 aliphatic heterocycles. The third kappa shape index (κ3) is 4.54. The largest absolute Gasteiger partial charge is 0.382 e. The number of nitrogens with one attached hydrogen (secondary N) is 1. The van der Waals surface area contributed by atoms with Gasteiger partial charge in [0.2, 0.25) is 0 Å². The van der Waals surface area contributed by atoms with Crippen LogP contribution in [0.4, 0.5) is 5.82 Å². The number of hydrogen-bond donors (Lipinski definition) is 1. The molecule has 0 saturated carbocycles. The number of nitrogens with zero attached hydrogens (tertiary/aromatic N) is 2. The molecule has 96 valence electrons. The minimum Gasteiger partial charge on any atom is -0.382 e. The van der Waals surface area contributed by atoms with Crippen molar-refractivity contribution in [2.24, 2.45) is 0 Å². The minimum atomic E-state index is -0.105. The second-order valence-electron chi connectivity index (χ2n) is 3.40. The highest BCUT2D eigenvalue weighted by Crippen LogP contribution is 1.92. The van der Waals surface area contributed by atoms with Crippen LogP contribution in [0, 0.1) is 0 Å². The van der Waals surface area contributed by atoms with Crippen molar-refractivity contribution in [1.82, 2.24) is 9.55 Å². The highest BCUT2D eigenvalue weighted by molar-refractivity contribution is 5.30. The Kier molecular flexibility index (Phi) is 6.27. The fraction of sp³-hybridized carbons (Fsp3) is 0.636. The summed E-state index contributed by atoms with van der Waals surface area (Å²) in [5, 5.41) is 2.95. The lowest BCUT2D eigenvalue weighted by Crippen LogP contribution is -2.25. The number of methoxy groups -OCH3 is 1. The van der Waals surface area contributed by atoms with Crippen molar-refractivity contribution in [2.75, 3.05) is 38.8 Å². The first kappa shape index (κ1) is 13.7. The molecule has 0 unspecified atom stereocenters. The summed E-state index contributed by atoms with van der Waals surface area (Å²) < 4.78 is 11.7. The van der Waals surface area contributed by atoms with Gasteiger partial charge in [0.05, 0.1) is 19.8 Å². The summed E-state index contributed by atoms with van der Waals surface area (Å²) in [7, 11) is 1.63. The molecule has 0 amide bonds. The Morgan fingerprint density at radius 3 is 2.94 bits per heavy atom. The van der Waals surface area contributed by atoms with Crippen molar-refractivity contribution in [1.29, 1.82) is 0 Å². The van der Waals surface area contributed by atoms with Gasteiger partial charge >= 0.3 is 0 Å². The maximum atomic E-state index is 11.7. The van der Waals surface area contributed by atoms with Crippen molar-refractivity contribution in [2.45, 2.75) is 13.5 Å². The van der Waals surface area contributed by atoms with Crippen LogP contribution in [-0.2, 0) is 16.0 Å². The van der Waals surface area contributed by atoms with E-state index in [1.807, 2.05) is 6.92 Å². The van der Waals surface area contributed by atoms with Gasteiger partial charge < -0.3 is 19.4 Å². The van der Waals surface area contributed by atoms with Crippen LogP contribution in [0.25, 0.3) is 0 Å². The third-order valence-electron chi connectivity index (χ3n) is 2.23. The van der Waals surface area contributed by atoms with E-state index in [4.69, 9.17) is 9.47 Å². The molecule has 0 radical (unpaired) electrons. The van der Waals surface area contributed by atoms with Gasteiger partial charge in [-0.15, -0.1) is 0 Å². The number of anilines is 1. The summed E-state index contributed by atoms with van der Waals surface area (Å²) >= 11 is 0. The number of ether oxygens (including phenoxy) is 2. The van der Waals surface area contributed by atoms with Gasteiger partial charge in [0.1, 0.15) is 0 Å². The Hall–Kier alpha value is -1.40. The summed E-state index contributed by atoms with van der Waals surface area (Å²) in [6, 6.07) is 0. The van der Waals surface area contributed by atoms with Gasteiger partial charge in [0, 0.05) is 32.6 Å². The fourth-order valence-corrected chi connectivity index (χ4v) is 1.30. The van der Waals surface area contributed by atoms with E-state index in [0.717, 1.165) is 0 Å². The van der Waals surface area contributed by atoms with Gasteiger partial charge in [-0.3, -0.25) is 4.79 Å². The molecule has 6 heteroatoms. The lowest BCUT2D eigenvalue weighted by molar-refractivity contribution is 0.0759. The fourth-order valence-electron chi connectivity index (χ4n) is 1.30. The Morgan fingerprint density at radius 2 is 2.24 bits per heavy atom. The lowest BCUT2D eigenvalue weighted by atomic mass is 10.5. The molecule has 6 nitrogen and oxygen atoms in total. The zero-order valence-corrected chi connectivity index (χ0v) is 10.3. The first-order chi connectivity index (χ1) is 8.29. The van der Waals surface area contributed by atoms with Crippen LogP contribution in [0.2, 0.25) is 0 Å². The molecule has 0 fully saturated rings. The Balaban J connectivity index is 2.34. The molecule has 1 aromatic heterocycles. The van der Waals surface area contributed by atoms with E-state index >= 15 is 0 Å². The first-order valence-electron chi connectivity index (χ1n) is 5.65. The number of rotatable bonds is 8. The molecular weight excluding hydrogens is 222 g/mol. The predicted octanol–water partition coefficient (Wildman–Crippen LogP) is 0.338. The first-order valence-corrected chi connectivity index (χ1v) is 5.65. The van der Waals surface area contributed by atoms with E-state index < -0.39 is 0 Å². The normalized spacial score (nSPS) is 10.5. The van der Waals surface area contributed by atoms with Gasteiger partial charge in [0.25, 0.3) is 5.56 Å². The lowest BCUT2D eigenvalue weighted by Gasteiger charge is -2.07. The van der Waals surface area contributed by atoms with Crippen LogP contribution < -0.4 is 10.9 Å². The highest BCUT2D eigenvalue weighted by atomic mass is 16.5. The summed E-state index contributed by atoms with van der Waals surface area (Å²) in [5.41, 5.74) is -0.105. The molecule has 0 spiro atoms. The van der Waals surface area contributed by atoms with Crippen LogP contribution in [-0.4, -0.2) is 43.0 Å². The van der Waals surface area contributed by atoms with Crippen LogP contribution in [0.3, 0.4) is 0 Å². The van der Waals surface area contributed by atoms with Crippen molar-refractivity contribution >= 4 is 5.82 Å². The number of aryl methyl sites for hydroxylation is 1. The van der Waals surface area contributed by atoms with Crippen molar-refractivity contribution in [3.05, 3.63) is 22.7 Å². The average molecular weight is 241 g/mol. The van der Waals surface area contributed by atoms with Crippen molar-refractivity contribution in [3.8, 4) is 0 Å². The topological polar surface area (TPSA) is 65.4 Å². The summed E-state index contributed by atoms with van der Waals surface area (Å²) in [4.78, 5) is 15.7. The Morgan fingerprint density at radius 1 is 1.41 bits per heavy atom. The van der Waals surface area contributed by atoms with Crippen LogP contribution in [0.5, 0.6) is 0 Å². The summed E-state index contributed by atoms with van der Waals surface area (Å²) in [6.07, 6.45) is 3.28. The quantitative estimate of drug-likeness (QED) is 0.665. The van der Waals surface area contributed by atoms with Crippen LogP contribution in [0.1, 0.15) is 6.92 Å². The van der Waals surface area contributed by atoms with Gasteiger partial charge in [-0.1, -0.05) is 0 Å². The third-order valence-corrected chi connectivity index (χ3v) is 2.23. The van der Waals surface area contributed by atoms with E-state index in [1.54, 1.807) is 24.1 Å². The molecule has 1 heterocycles. The molecule has 0 aliphatic carbocycles. The molecule has 1 N–H and O–H groups in total. The molecule has 1 rings (SSSR count). The molecule has 17 heavy (non-hydrogen) atoms. The van der Waals surface area contributed by atoms with Crippen molar-refractivity contribution in [3.63, 3.8) is 0 Å². The molecular formula is C11H19N3O3. The number of hydrogen-bond acceptors (Lipinski definition) is 5. The summed E-state index contributed by atoms with van der Waals surface area (Å²) in [5.74, 6) is 0.365. The standard InChI is InChI=1S/C11H19N3O3/c1-3-14-6-4-12-10(11(14)15)13-5-7-17-9-8-16-2/h4,6H,3,5,7-9H2,1-2H3,(H,12,13). The SMILES string of the molecule is CCn1ccnc(NCCOCCOC)c1=O. The van der Waals surface area contributed by atoms with Gasteiger partial charge in [0.15, 0.2) is 5.82 Å². The van der Waals surface area contributed by atoms with Gasteiger partial charge in [-0.05, 0) is 6.92 Å². The van der Waals surface area contributed by atoms with Crippen LogP contribution in [0.15, 0.2) is 17.2 Å². The molecule has 0 aliphatic rings. The van der Waals surface area contributed by atoms with E-state index in [-0.39, 0.29) is 5.56 Å². The zero-order chi connectivity index (χ0) is 12.5. The van der Waals surface area contributed by atoms with E-state index in [9.17, 15) is 4.79 Å². The maximum absolute atomic E-state index is 11.7. The summed E-state index contributed by atoms with van der Waals surface area (Å²) in [6.45, 7) is 4.76. The van der Waals surface area contributed by atoms with Gasteiger partial charge in [-0.2, -0.15) is 0 Å².